The van der Waals surface area contributed by atoms with Crippen LogP contribution >= 0.6 is 11.6 Å². The van der Waals surface area contributed by atoms with Gasteiger partial charge in [-0.1, -0.05) is 18.5 Å². The maximum Gasteiger partial charge on any atom is 0.253 e. The molecule has 0 aliphatic carbocycles. The summed E-state index contributed by atoms with van der Waals surface area (Å²) in [5.41, 5.74) is 4.33. The molecule has 0 aliphatic heterocycles. The number of hydrogen-bond acceptors (Lipinski definition) is 4. The fourth-order valence-corrected chi connectivity index (χ4v) is 1.59. The maximum absolute atomic E-state index is 12.0. The SMILES string of the molecule is CCCNc1ncc(C(=O)NC(C)(C)C(N)=O)cc1Cl. The Morgan fingerprint density at radius 2 is 2.10 bits per heavy atom. The lowest BCUT2D eigenvalue weighted by Gasteiger charge is -2.22. The van der Waals surface area contributed by atoms with Gasteiger partial charge in [0, 0.05) is 12.7 Å². The number of amides is 2. The molecular formula is C13H19ClN4O2. The summed E-state index contributed by atoms with van der Waals surface area (Å²) in [6.07, 6.45) is 2.34. The summed E-state index contributed by atoms with van der Waals surface area (Å²) < 4.78 is 0. The summed E-state index contributed by atoms with van der Waals surface area (Å²) in [6.45, 7) is 5.82. The molecule has 0 aromatic carbocycles. The van der Waals surface area contributed by atoms with E-state index in [1.807, 2.05) is 6.92 Å². The summed E-state index contributed by atoms with van der Waals surface area (Å²) in [5, 5.41) is 5.93. The first-order chi connectivity index (χ1) is 9.27. The van der Waals surface area contributed by atoms with Gasteiger partial charge in [0.1, 0.15) is 11.4 Å². The predicted octanol–water partition coefficient (Wildman–Crippen LogP) is 1.55. The van der Waals surface area contributed by atoms with Gasteiger partial charge in [-0.3, -0.25) is 9.59 Å². The van der Waals surface area contributed by atoms with Gasteiger partial charge in [0.15, 0.2) is 0 Å². The van der Waals surface area contributed by atoms with Crippen molar-refractivity contribution in [2.24, 2.45) is 5.73 Å². The summed E-state index contributed by atoms with van der Waals surface area (Å²) in [7, 11) is 0. The number of hydrogen-bond donors (Lipinski definition) is 3. The minimum Gasteiger partial charge on any atom is -0.369 e. The molecule has 0 unspecified atom stereocenters. The average molecular weight is 299 g/mol. The molecule has 0 radical (unpaired) electrons. The van der Waals surface area contributed by atoms with Gasteiger partial charge < -0.3 is 16.4 Å². The molecule has 0 saturated heterocycles. The molecule has 6 nitrogen and oxygen atoms in total. The van der Waals surface area contributed by atoms with Crippen LogP contribution in [0.1, 0.15) is 37.6 Å². The van der Waals surface area contributed by atoms with Gasteiger partial charge in [-0.2, -0.15) is 0 Å². The zero-order valence-electron chi connectivity index (χ0n) is 11.8. The summed E-state index contributed by atoms with van der Waals surface area (Å²) >= 11 is 6.05. The van der Waals surface area contributed by atoms with Crippen LogP contribution in [0.2, 0.25) is 5.02 Å². The topological polar surface area (TPSA) is 97.1 Å². The normalized spacial score (nSPS) is 11.0. The van der Waals surface area contributed by atoms with Gasteiger partial charge in [0.2, 0.25) is 5.91 Å². The standard InChI is InChI=1S/C13H19ClN4O2/c1-4-5-16-10-9(14)6-8(7-17-10)11(19)18-13(2,3)12(15)20/h6-7H,4-5H2,1-3H3,(H2,15,20)(H,16,17)(H,18,19). The number of rotatable bonds is 6. The average Bonchev–Trinajstić information content (AvgIpc) is 2.36. The lowest BCUT2D eigenvalue weighted by Crippen LogP contribution is -2.53. The monoisotopic (exact) mass is 298 g/mol. The Balaban J connectivity index is 2.85. The molecule has 1 heterocycles. The highest BCUT2D eigenvalue weighted by Gasteiger charge is 2.27. The van der Waals surface area contributed by atoms with Gasteiger partial charge in [-0.15, -0.1) is 0 Å². The van der Waals surface area contributed by atoms with Crippen LogP contribution in [0.15, 0.2) is 12.3 Å². The second-order valence-corrected chi connectivity index (χ2v) is 5.33. The van der Waals surface area contributed by atoms with Crippen LogP contribution in [0.25, 0.3) is 0 Å². The van der Waals surface area contributed by atoms with Gasteiger partial charge in [-0.25, -0.2) is 4.98 Å². The summed E-state index contributed by atoms with van der Waals surface area (Å²) in [6, 6.07) is 1.50. The molecular weight excluding hydrogens is 280 g/mol. The molecule has 2 amide bonds. The van der Waals surface area contributed by atoms with Gasteiger partial charge >= 0.3 is 0 Å². The first kappa shape index (κ1) is 16.2. The Morgan fingerprint density at radius 1 is 1.45 bits per heavy atom. The lowest BCUT2D eigenvalue weighted by molar-refractivity contribution is -0.122. The Hall–Kier alpha value is -1.82. The number of carbonyl (C=O) groups is 2. The number of carbonyl (C=O) groups excluding carboxylic acids is 2. The number of pyridine rings is 1. The van der Waals surface area contributed by atoms with E-state index in [9.17, 15) is 9.59 Å². The fourth-order valence-electron chi connectivity index (χ4n) is 1.35. The van der Waals surface area contributed by atoms with Crippen molar-refractivity contribution in [3.05, 3.63) is 22.8 Å². The van der Waals surface area contributed by atoms with Crippen molar-refractivity contribution in [2.45, 2.75) is 32.7 Å². The van der Waals surface area contributed by atoms with Crippen LogP contribution in [0.5, 0.6) is 0 Å². The molecule has 0 spiro atoms. The smallest absolute Gasteiger partial charge is 0.253 e. The largest absolute Gasteiger partial charge is 0.369 e. The minimum atomic E-state index is -1.14. The molecule has 1 rings (SSSR count). The highest BCUT2D eigenvalue weighted by atomic mass is 35.5. The van der Waals surface area contributed by atoms with E-state index >= 15 is 0 Å². The fraction of sp³-hybridized carbons (Fsp3) is 0.462. The quantitative estimate of drug-likeness (QED) is 0.742. The summed E-state index contributed by atoms with van der Waals surface area (Å²) in [4.78, 5) is 27.3. The van der Waals surface area contributed by atoms with Crippen molar-refractivity contribution >= 4 is 29.2 Å². The molecule has 0 atom stereocenters. The first-order valence-corrected chi connectivity index (χ1v) is 6.67. The van der Waals surface area contributed by atoms with Crippen molar-refractivity contribution in [2.75, 3.05) is 11.9 Å². The molecule has 110 valence electrons. The second-order valence-electron chi connectivity index (χ2n) is 4.92. The minimum absolute atomic E-state index is 0.270. The Kier molecular flexibility index (Phi) is 5.33. The second kappa shape index (κ2) is 6.56. The number of nitrogens with zero attached hydrogens (tertiary/aromatic N) is 1. The molecule has 4 N–H and O–H groups in total. The number of anilines is 1. The zero-order valence-corrected chi connectivity index (χ0v) is 12.5. The molecule has 1 aromatic rings. The van der Waals surface area contributed by atoms with Crippen molar-refractivity contribution < 1.29 is 9.59 Å². The van der Waals surface area contributed by atoms with E-state index in [0.29, 0.717) is 10.8 Å². The van der Waals surface area contributed by atoms with Crippen LogP contribution in [0, 0.1) is 0 Å². The van der Waals surface area contributed by atoms with Crippen LogP contribution < -0.4 is 16.4 Å². The van der Waals surface area contributed by atoms with Crippen LogP contribution in [0.3, 0.4) is 0 Å². The van der Waals surface area contributed by atoms with Gasteiger partial charge in [0.25, 0.3) is 5.91 Å². The van der Waals surface area contributed by atoms with Gasteiger partial charge in [0.05, 0.1) is 10.6 Å². The Labute approximate surface area is 123 Å². The highest BCUT2D eigenvalue weighted by Crippen LogP contribution is 2.20. The van der Waals surface area contributed by atoms with E-state index in [1.165, 1.54) is 26.1 Å². The number of aromatic nitrogens is 1. The molecule has 1 aromatic heterocycles. The van der Waals surface area contributed by atoms with E-state index < -0.39 is 17.4 Å². The van der Waals surface area contributed by atoms with Crippen LogP contribution in [0.4, 0.5) is 5.82 Å². The third-order valence-corrected chi connectivity index (χ3v) is 2.98. The van der Waals surface area contributed by atoms with E-state index in [2.05, 4.69) is 15.6 Å². The molecule has 0 saturated carbocycles. The molecule has 7 heteroatoms. The third-order valence-electron chi connectivity index (χ3n) is 2.69. The van der Waals surface area contributed by atoms with Crippen LogP contribution in [-0.4, -0.2) is 28.9 Å². The van der Waals surface area contributed by atoms with Crippen LogP contribution in [-0.2, 0) is 4.79 Å². The number of nitrogens with one attached hydrogen (secondary N) is 2. The van der Waals surface area contributed by atoms with E-state index in [-0.39, 0.29) is 5.56 Å². The molecule has 0 fully saturated rings. The molecule has 20 heavy (non-hydrogen) atoms. The predicted molar refractivity (Wildman–Crippen MR) is 78.8 cm³/mol. The zero-order chi connectivity index (χ0) is 15.3. The van der Waals surface area contributed by atoms with Crippen molar-refractivity contribution in [1.29, 1.82) is 0 Å². The first-order valence-electron chi connectivity index (χ1n) is 6.29. The van der Waals surface area contributed by atoms with Crippen molar-refractivity contribution in [1.82, 2.24) is 10.3 Å². The highest BCUT2D eigenvalue weighted by molar-refractivity contribution is 6.33. The lowest BCUT2D eigenvalue weighted by atomic mass is 10.0. The Morgan fingerprint density at radius 3 is 2.60 bits per heavy atom. The maximum atomic E-state index is 12.0. The van der Waals surface area contributed by atoms with E-state index in [0.717, 1.165) is 13.0 Å². The van der Waals surface area contributed by atoms with Crippen molar-refractivity contribution in [3.63, 3.8) is 0 Å². The van der Waals surface area contributed by atoms with E-state index in [1.54, 1.807) is 0 Å². The third kappa shape index (κ3) is 4.09. The Bertz CT molecular complexity index is 517. The van der Waals surface area contributed by atoms with Gasteiger partial charge in [-0.05, 0) is 26.3 Å². The molecule has 0 aliphatic rings. The summed E-state index contributed by atoms with van der Waals surface area (Å²) in [5.74, 6) is -0.546. The van der Waals surface area contributed by atoms with Crippen molar-refractivity contribution in [3.8, 4) is 0 Å². The van der Waals surface area contributed by atoms with E-state index in [4.69, 9.17) is 17.3 Å². The number of primary amides is 1. The number of nitrogens with two attached hydrogens (primary N) is 1. The number of halogens is 1. The molecule has 0 bridgehead atoms.